The molecule has 0 fully saturated rings. The summed E-state index contributed by atoms with van der Waals surface area (Å²) >= 11 is 6.00. The third kappa shape index (κ3) is 3.69. The number of aliphatic hydroxyl groups excluding tert-OH is 1. The van der Waals surface area contributed by atoms with Gasteiger partial charge in [0.25, 0.3) is 0 Å². The molecule has 1 unspecified atom stereocenters. The second kappa shape index (κ2) is 6.39. The molecule has 0 spiro atoms. The summed E-state index contributed by atoms with van der Waals surface area (Å²) in [5.41, 5.74) is 0.650. The van der Waals surface area contributed by atoms with Crippen LogP contribution in [0.25, 0.3) is 11.8 Å². The minimum atomic E-state index is -0.886. The van der Waals surface area contributed by atoms with Crippen molar-refractivity contribution in [3.8, 4) is 0 Å². The normalized spacial score (nSPS) is 14.2. The summed E-state index contributed by atoms with van der Waals surface area (Å²) in [6, 6.07) is 7.35. The summed E-state index contributed by atoms with van der Waals surface area (Å²) in [6.07, 6.45) is 3.87. The highest BCUT2D eigenvalue weighted by molar-refractivity contribution is 6.30. The minimum absolute atomic E-state index is 0.557. The zero-order valence-corrected chi connectivity index (χ0v) is 12.9. The van der Waals surface area contributed by atoms with E-state index in [0.29, 0.717) is 10.7 Å². The van der Waals surface area contributed by atoms with Gasteiger partial charge in [0.2, 0.25) is 0 Å². The Labute approximate surface area is 128 Å². The van der Waals surface area contributed by atoms with Crippen molar-refractivity contribution in [1.29, 1.82) is 0 Å². The van der Waals surface area contributed by atoms with Crippen molar-refractivity contribution in [2.24, 2.45) is 0 Å². The number of benzene rings is 1. The van der Waals surface area contributed by atoms with Gasteiger partial charge in [-0.15, -0.1) is 0 Å². The molecule has 1 N–H and O–H groups in total. The molecular formula is C15H18ClN3O2. The van der Waals surface area contributed by atoms with Crippen LogP contribution in [0.3, 0.4) is 0 Å². The fourth-order valence-electron chi connectivity index (χ4n) is 1.85. The molecule has 0 saturated carbocycles. The highest BCUT2D eigenvalue weighted by Gasteiger charge is 2.32. The first-order chi connectivity index (χ1) is 9.94. The number of aliphatic hydroxyl groups is 1. The summed E-state index contributed by atoms with van der Waals surface area (Å²) < 4.78 is 6.88. The summed E-state index contributed by atoms with van der Waals surface area (Å²) in [7, 11) is 1.56. The van der Waals surface area contributed by atoms with E-state index in [4.69, 9.17) is 16.3 Å². The predicted molar refractivity (Wildman–Crippen MR) is 82.7 cm³/mol. The molecule has 0 aliphatic rings. The van der Waals surface area contributed by atoms with Crippen molar-refractivity contribution in [3.05, 3.63) is 47.5 Å². The molecule has 1 atom stereocenters. The van der Waals surface area contributed by atoms with E-state index < -0.39 is 11.7 Å². The van der Waals surface area contributed by atoms with Crippen molar-refractivity contribution in [1.82, 2.24) is 14.8 Å². The van der Waals surface area contributed by atoms with Crippen LogP contribution in [0, 0.1) is 0 Å². The second-order valence-corrected chi connectivity index (χ2v) is 5.61. The second-order valence-electron chi connectivity index (χ2n) is 5.17. The average Bonchev–Trinajstić information content (AvgIpc) is 2.98. The summed E-state index contributed by atoms with van der Waals surface area (Å²) in [5, 5.41) is 15.3. The largest absolute Gasteiger partial charge is 0.384 e. The SMILES string of the molecule is COC(C)(C)C(O)/C(=C/c1cccc(Cl)c1)n1cncn1. The molecule has 0 bridgehead atoms. The number of nitrogens with zero attached hydrogens (tertiary/aromatic N) is 3. The third-order valence-corrected chi connectivity index (χ3v) is 3.55. The summed E-state index contributed by atoms with van der Waals surface area (Å²) in [5.74, 6) is 0. The molecular weight excluding hydrogens is 290 g/mol. The van der Waals surface area contributed by atoms with Crippen LogP contribution in [0.4, 0.5) is 0 Å². The highest BCUT2D eigenvalue weighted by Crippen LogP contribution is 2.25. The van der Waals surface area contributed by atoms with Gasteiger partial charge in [0.05, 0.1) is 11.3 Å². The van der Waals surface area contributed by atoms with E-state index in [-0.39, 0.29) is 0 Å². The van der Waals surface area contributed by atoms with E-state index in [1.807, 2.05) is 24.3 Å². The smallest absolute Gasteiger partial charge is 0.138 e. The van der Waals surface area contributed by atoms with E-state index >= 15 is 0 Å². The van der Waals surface area contributed by atoms with Crippen molar-refractivity contribution < 1.29 is 9.84 Å². The third-order valence-electron chi connectivity index (χ3n) is 3.31. The Morgan fingerprint density at radius 2 is 2.24 bits per heavy atom. The van der Waals surface area contributed by atoms with Crippen LogP contribution in [0.1, 0.15) is 19.4 Å². The lowest BCUT2D eigenvalue weighted by Crippen LogP contribution is -2.40. The first-order valence-electron chi connectivity index (χ1n) is 6.49. The first-order valence-corrected chi connectivity index (χ1v) is 6.87. The molecule has 1 heterocycles. The molecule has 0 saturated heterocycles. The van der Waals surface area contributed by atoms with E-state index in [9.17, 15) is 5.11 Å². The van der Waals surface area contributed by atoms with Crippen LogP contribution in [-0.2, 0) is 4.74 Å². The molecule has 2 rings (SSSR count). The maximum atomic E-state index is 10.6. The van der Waals surface area contributed by atoms with E-state index in [2.05, 4.69) is 10.1 Å². The van der Waals surface area contributed by atoms with Crippen LogP contribution in [0.15, 0.2) is 36.9 Å². The van der Waals surface area contributed by atoms with Crippen LogP contribution in [-0.4, -0.2) is 38.7 Å². The van der Waals surface area contributed by atoms with E-state index in [1.54, 1.807) is 27.0 Å². The number of halogens is 1. The molecule has 112 valence electrons. The number of methoxy groups -OCH3 is 1. The van der Waals surface area contributed by atoms with Gasteiger partial charge < -0.3 is 9.84 Å². The molecule has 2 aromatic rings. The Hall–Kier alpha value is -1.69. The van der Waals surface area contributed by atoms with Gasteiger partial charge in [-0.1, -0.05) is 23.7 Å². The van der Waals surface area contributed by atoms with Gasteiger partial charge in [0.15, 0.2) is 0 Å². The van der Waals surface area contributed by atoms with Crippen LogP contribution in [0.5, 0.6) is 0 Å². The van der Waals surface area contributed by atoms with Gasteiger partial charge >= 0.3 is 0 Å². The van der Waals surface area contributed by atoms with Crippen molar-refractivity contribution in [2.45, 2.75) is 25.6 Å². The predicted octanol–water partition coefficient (Wildman–Crippen LogP) is 2.72. The lowest BCUT2D eigenvalue weighted by molar-refractivity contribution is -0.0539. The topological polar surface area (TPSA) is 60.2 Å². The Bertz CT molecular complexity index is 624. The highest BCUT2D eigenvalue weighted by atomic mass is 35.5. The van der Waals surface area contributed by atoms with Crippen LogP contribution < -0.4 is 0 Å². The molecule has 21 heavy (non-hydrogen) atoms. The van der Waals surface area contributed by atoms with Crippen LogP contribution in [0.2, 0.25) is 5.02 Å². The van der Waals surface area contributed by atoms with Gasteiger partial charge in [-0.05, 0) is 37.6 Å². The summed E-state index contributed by atoms with van der Waals surface area (Å²) in [6.45, 7) is 3.61. The molecule has 5 nitrogen and oxygen atoms in total. The zero-order chi connectivity index (χ0) is 15.5. The van der Waals surface area contributed by atoms with Gasteiger partial charge in [-0.2, -0.15) is 5.10 Å². The molecule has 0 radical (unpaired) electrons. The van der Waals surface area contributed by atoms with E-state index in [1.165, 1.54) is 17.3 Å². The van der Waals surface area contributed by atoms with E-state index in [0.717, 1.165) is 5.56 Å². The number of ether oxygens (including phenoxy) is 1. The first kappa shape index (κ1) is 15.7. The fourth-order valence-corrected chi connectivity index (χ4v) is 2.05. The van der Waals surface area contributed by atoms with Gasteiger partial charge in [-0.3, -0.25) is 0 Å². The number of hydrogen-bond acceptors (Lipinski definition) is 4. The maximum absolute atomic E-state index is 10.6. The van der Waals surface area contributed by atoms with Gasteiger partial charge in [-0.25, -0.2) is 9.67 Å². The Morgan fingerprint density at radius 3 is 2.81 bits per heavy atom. The molecule has 0 amide bonds. The lowest BCUT2D eigenvalue weighted by atomic mass is 9.97. The average molecular weight is 308 g/mol. The zero-order valence-electron chi connectivity index (χ0n) is 12.2. The Balaban J connectivity index is 2.47. The van der Waals surface area contributed by atoms with Crippen molar-refractivity contribution in [3.63, 3.8) is 0 Å². The Kier molecular flexibility index (Phi) is 4.77. The Morgan fingerprint density at radius 1 is 1.48 bits per heavy atom. The minimum Gasteiger partial charge on any atom is -0.384 e. The lowest BCUT2D eigenvalue weighted by Gasteiger charge is -2.30. The van der Waals surface area contributed by atoms with Crippen molar-refractivity contribution in [2.75, 3.05) is 7.11 Å². The quantitative estimate of drug-likeness (QED) is 0.922. The van der Waals surface area contributed by atoms with Gasteiger partial charge in [0, 0.05) is 12.1 Å². The van der Waals surface area contributed by atoms with Crippen molar-refractivity contribution >= 4 is 23.4 Å². The summed E-state index contributed by atoms with van der Waals surface area (Å²) in [4.78, 5) is 3.93. The molecule has 1 aromatic heterocycles. The number of aromatic nitrogens is 3. The fraction of sp³-hybridized carbons (Fsp3) is 0.333. The monoisotopic (exact) mass is 307 g/mol. The molecule has 6 heteroatoms. The molecule has 0 aliphatic carbocycles. The number of hydrogen-bond donors (Lipinski definition) is 1. The maximum Gasteiger partial charge on any atom is 0.138 e. The number of rotatable bonds is 5. The molecule has 0 aliphatic heterocycles. The van der Waals surface area contributed by atoms with Gasteiger partial charge in [0.1, 0.15) is 18.8 Å². The standard InChI is InChI=1S/C15H18ClN3O2/c1-15(2,21-3)14(20)13(19-10-17-9-18-19)8-11-5-4-6-12(16)7-11/h4-10,14,20H,1-3H3/b13-8-. The molecule has 1 aromatic carbocycles. The van der Waals surface area contributed by atoms with Crippen LogP contribution >= 0.6 is 11.6 Å².